The number of rotatable bonds is 3. The first kappa shape index (κ1) is 17.8. The number of nitrogens with zero attached hydrogens (tertiary/aromatic N) is 1. The minimum absolute atomic E-state index is 0.119. The molecular weight excluding hydrogens is 353 g/mol. The van der Waals surface area contributed by atoms with Crippen LogP contribution < -0.4 is 10.7 Å². The molecule has 0 aliphatic heterocycles. The van der Waals surface area contributed by atoms with Crippen LogP contribution in [0.15, 0.2) is 47.6 Å². The number of phenols is 1. The summed E-state index contributed by atoms with van der Waals surface area (Å²) in [4.78, 5) is 23.6. The average Bonchev–Trinajstić information content (AvgIpc) is 2.56. The molecule has 0 unspecified atom stereocenters. The van der Waals surface area contributed by atoms with Crippen LogP contribution in [0.2, 0.25) is 10.0 Å². The maximum absolute atomic E-state index is 11.8. The molecule has 0 radical (unpaired) electrons. The van der Waals surface area contributed by atoms with Gasteiger partial charge in [-0.15, -0.1) is 0 Å². The molecule has 0 saturated heterocycles. The quantitative estimate of drug-likeness (QED) is 0.443. The van der Waals surface area contributed by atoms with Gasteiger partial charge >= 0.3 is 11.8 Å². The van der Waals surface area contributed by atoms with Crippen molar-refractivity contribution < 1.29 is 14.7 Å². The number of nitrogens with one attached hydrogen (secondary N) is 2. The van der Waals surface area contributed by atoms with E-state index in [-0.39, 0.29) is 16.5 Å². The van der Waals surface area contributed by atoms with Gasteiger partial charge in [0.15, 0.2) is 0 Å². The largest absolute Gasteiger partial charge is 0.508 e. The van der Waals surface area contributed by atoms with Crippen molar-refractivity contribution in [3.05, 3.63) is 58.1 Å². The molecular formula is C16H13Cl2N3O3. The fraction of sp³-hybridized carbons (Fsp3) is 0.0625. The van der Waals surface area contributed by atoms with Crippen LogP contribution in [0, 0.1) is 0 Å². The zero-order valence-electron chi connectivity index (χ0n) is 12.5. The molecule has 2 aromatic rings. The van der Waals surface area contributed by atoms with E-state index < -0.39 is 11.8 Å². The van der Waals surface area contributed by atoms with E-state index in [0.717, 1.165) is 0 Å². The Morgan fingerprint density at radius 1 is 1.04 bits per heavy atom. The molecule has 0 atom stereocenters. The second kappa shape index (κ2) is 7.81. The number of hydrogen-bond donors (Lipinski definition) is 3. The number of aromatic hydroxyl groups is 1. The molecule has 3 N–H and O–H groups in total. The number of amides is 2. The van der Waals surface area contributed by atoms with Crippen molar-refractivity contribution in [3.8, 4) is 5.75 Å². The number of phenolic OH excluding ortho intramolecular Hbond substituents is 1. The van der Waals surface area contributed by atoms with Crippen molar-refractivity contribution in [2.75, 3.05) is 5.32 Å². The lowest BCUT2D eigenvalue weighted by Gasteiger charge is -2.07. The molecule has 2 aromatic carbocycles. The van der Waals surface area contributed by atoms with Gasteiger partial charge in [0.25, 0.3) is 0 Å². The number of carbonyl (C=O) groups is 2. The van der Waals surface area contributed by atoms with Gasteiger partial charge in [-0.1, -0.05) is 23.2 Å². The molecule has 0 aromatic heterocycles. The van der Waals surface area contributed by atoms with E-state index >= 15 is 0 Å². The van der Waals surface area contributed by atoms with Crippen LogP contribution in [-0.2, 0) is 9.59 Å². The van der Waals surface area contributed by atoms with Gasteiger partial charge in [-0.3, -0.25) is 9.59 Å². The van der Waals surface area contributed by atoms with Crippen molar-refractivity contribution >= 4 is 46.4 Å². The zero-order valence-corrected chi connectivity index (χ0v) is 14.0. The van der Waals surface area contributed by atoms with Gasteiger partial charge in [-0.2, -0.15) is 5.10 Å². The van der Waals surface area contributed by atoms with Gasteiger partial charge < -0.3 is 10.4 Å². The fourth-order valence-electron chi connectivity index (χ4n) is 1.72. The summed E-state index contributed by atoms with van der Waals surface area (Å²) >= 11 is 11.7. The molecule has 0 saturated carbocycles. The number of benzene rings is 2. The molecule has 124 valence electrons. The summed E-state index contributed by atoms with van der Waals surface area (Å²) in [5.74, 6) is -1.76. The normalized spacial score (nSPS) is 11.0. The summed E-state index contributed by atoms with van der Waals surface area (Å²) in [5.41, 5.74) is 3.53. The van der Waals surface area contributed by atoms with E-state index in [1.165, 1.54) is 24.3 Å². The first-order valence-corrected chi connectivity index (χ1v) is 7.52. The molecule has 8 heteroatoms. The molecule has 2 amide bonds. The van der Waals surface area contributed by atoms with E-state index in [4.69, 9.17) is 23.2 Å². The third-order valence-corrected chi connectivity index (χ3v) is 3.56. The predicted octanol–water partition coefficient (Wildman–Crippen LogP) is 3.18. The zero-order chi connectivity index (χ0) is 17.7. The van der Waals surface area contributed by atoms with Crippen molar-refractivity contribution in [1.29, 1.82) is 0 Å². The highest BCUT2D eigenvalue weighted by atomic mass is 35.5. The molecule has 2 rings (SSSR count). The van der Waals surface area contributed by atoms with Crippen LogP contribution in [0.4, 0.5) is 5.69 Å². The fourth-order valence-corrected chi connectivity index (χ4v) is 2.06. The second-order valence-electron chi connectivity index (χ2n) is 4.76. The van der Waals surface area contributed by atoms with Crippen molar-refractivity contribution in [3.63, 3.8) is 0 Å². The molecule has 6 nitrogen and oxygen atoms in total. The standard InChI is InChI=1S/C16H13Cl2N3O3/c1-9(10-2-5-12(22)6-3-10)20-21-16(24)15(23)19-14-8-11(17)4-7-13(14)18/h2-8,22H,1H3,(H,19,23)(H,21,24)/b20-9+. The van der Waals surface area contributed by atoms with E-state index in [9.17, 15) is 14.7 Å². The maximum Gasteiger partial charge on any atom is 0.329 e. The van der Waals surface area contributed by atoms with Crippen LogP contribution in [0.5, 0.6) is 5.75 Å². The Labute approximate surface area is 148 Å². The van der Waals surface area contributed by atoms with Gasteiger partial charge in [0, 0.05) is 5.02 Å². The van der Waals surface area contributed by atoms with E-state index in [0.29, 0.717) is 16.3 Å². The third-order valence-electron chi connectivity index (χ3n) is 2.99. The Bertz CT molecular complexity index is 805. The van der Waals surface area contributed by atoms with Crippen LogP contribution in [0.25, 0.3) is 0 Å². The van der Waals surface area contributed by atoms with Gasteiger partial charge in [0.2, 0.25) is 0 Å². The lowest BCUT2D eigenvalue weighted by Crippen LogP contribution is -2.33. The number of anilines is 1. The first-order chi connectivity index (χ1) is 11.4. The van der Waals surface area contributed by atoms with E-state index in [1.807, 2.05) is 0 Å². The van der Waals surface area contributed by atoms with E-state index in [2.05, 4.69) is 15.8 Å². The van der Waals surface area contributed by atoms with Gasteiger partial charge in [0.1, 0.15) is 5.75 Å². The summed E-state index contributed by atoms with van der Waals surface area (Å²) < 4.78 is 0. The SMILES string of the molecule is C/C(=N\NC(=O)C(=O)Nc1cc(Cl)ccc1Cl)c1ccc(O)cc1. The summed E-state index contributed by atoms with van der Waals surface area (Å²) in [5, 5.41) is 16.0. The summed E-state index contributed by atoms with van der Waals surface area (Å²) in [7, 11) is 0. The molecule has 0 aliphatic carbocycles. The highest BCUT2D eigenvalue weighted by Gasteiger charge is 2.15. The topological polar surface area (TPSA) is 90.8 Å². The first-order valence-electron chi connectivity index (χ1n) is 6.77. The highest BCUT2D eigenvalue weighted by Crippen LogP contribution is 2.25. The third kappa shape index (κ3) is 4.71. The lowest BCUT2D eigenvalue weighted by molar-refractivity contribution is -0.136. The predicted molar refractivity (Wildman–Crippen MR) is 93.6 cm³/mol. The Hall–Kier alpha value is -2.57. The summed E-state index contributed by atoms with van der Waals surface area (Å²) in [6.07, 6.45) is 0. The van der Waals surface area contributed by atoms with Crippen LogP contribution in [0.3, 0.4) is 0 Å². The summed E-state index contributed by atoms with van der Waals surface area (Å²) in [6.45, 7) is 1.65. The number of hydrazone groups is 1. The number of hydrogen-bond acceptors (Lipinski definition) is 4. The van der Waals surface area contributed by atoms with Crippen molar-refractivity contribution in [2.45, 2.75) is 6.92 Å². The van der Waals surface area contributed by atoms with Crippen LogP contribution in [-0.4, -0.2) is 22.6 Å². The smallest absolute Gasteiger partial charge is 0.329 e. The molecule has 0 aliphatic rings. The molecule has 24 heavy (non-hydrogen) atoms. The Kier molecular flexibility index (Phi) is 5.78. The van der Waals surface area contributed by atoms with Crippen LogP contribution >= 0.6 is 23.2 Å². The van der Waals surface area contributed by atoms with Gasteiger partial charge in [-0.25, -0.2) is 5.43 Å². The maximum atomic E-state index is 11.8. The molecule has 0 spiro atoms. The minimum atomic E-state index is -0.954. The van der Waals surface area contributed by atoms with Gasteiger partial charge in [0.05, 0.1) is 16.4 Å². The Balaban J connectivity index is 2.01. The minimum Gasteiger partial charge on any atom is -0.508 e. The number of halogens is 2. The molecule has 0 heterocycles. The Morgan fingerprint density at radius 2 is 1.71 bits per heavy atom. The lowest BCUT2D eigenvalue weighted by atomic mass is 10.1. The van der Waals surface area contributed by atoms with Crippen molar-refractivity contribution in [1.82, 2.24) is 5.43 Å². The molecule has 0 fully saturated rings. The van der Waals surface area contributed by atoms with Crippen LogP contribution in [0.1, 0.15) is 12.5 Å². The second-order valence-corrected chi connectivity index (χ2v) is 5.61. The van der Waals surface area contributed by atoms with Crippen molar-refractivity contribution in [2.24, 2.45) is 5.10 Å². The number of carbonyl (C=O) groups excluding carboxylic acids is 2. The van der Waals surface area contributed by atoms with E-state index in [1.54, 1.807) is 25.1 Å². The molecule has 0 bridgehead atoms. The monoisotopic (exact) mass is 365 g/mol. The summed E-state index contributed by atoms with van der Waals surface area (Å²) in [6, 6.07) is 10.7. The Morgan fingerprint density at radius 3 is 2.38 bits per heavy atom. The average molecular weight is 366 g/mol. The highest BCUT2D eigenvalue weighted by molar-refractivity contribution is 6.42. The van der Waals surface area contributed by atoms with Gasteiger partial charge in [-0.05, 0) is 55.0 Å².